The van der Waals surface area contributed by atoms with E-state index in [1.165, 1.54) is 0 Å². The Morgan fingerprint density at radius 3 is 2.78 bits per heavy atom. The van der Waals surface area contributed by atoms with Crippen molar-refractivity contribution in [3.63, 3.8) is 0 Å². The van der Waals surface area contributed by atoms with Gasteiger partial charge in [0, 0.05) is 17.1 Å². The number of hydrogen-bond donors (Lipinski definition) is 1. The van der Waals surface area contributed by atoms with Crippen molar-refractivity contribution in [1.82, 2.24) is 15.0 Å². The average molecular weight is 266 g/mol. The maximum atomic E-state index is 9.35. The van der Waals surface area contributed by atoms with Crippen molar-refractivity contribution in [3.8, 4) is 11.3 Å². The first-order chi connectivity index (χ1) is 8.61. The van der Waals surface area contributed by atoms with Crippen molar-refractivity contribution in [2.24, 2.45) is 5.92 Å². The Bertz CT molecular complexity index is 537. The van der Waals surface area contributed by atoms with Crippen molar-refractivity contribution < 1.29 is 5.11 Å². The Morgan fingerprint density at radius 2 is 2.17 bits per heavy atom. The highest BCUT2D eigenvalue weighted by Gasteiger charge is 2.15. The topological polar surface area (TPSA) is 50.9 Å². The summed E-state index contributed by atoms with van der Waals surface area (Å²) in [5.74, 6) is 0.455. The summed E-state index contributed by atoms with van der Waals surface area (Å²) in [5.41, 5.74) is 2.35. The Balaban J connectivity index is 2.50. The van der Waals surface area contributed by atoms with Crippen molar-refractivity contribution in [3.05, 3.63) is 35.0 Å². The fourth-order valence-electron chi connectivity index (χ4n) is 1.88. The van der Waals surface area contributed by atoms with Gasteiger partial charge in [-0.2, -0.15) is 0 Å². The van der Waals surface area contributed by atoms with Gasteiger partial charge in [0.1, 0.15) is 5.69 Å². The van der Waals surface area contributed by atoms with Crippen LogP contribution in [0.5, 0.6) is 0 Å². The minimum atomic E-state index is -0.125. The number of aliphatic hydroxyl groups is 1. The Morgan fingerprint density at radius 1 is 1.39 bits per heavy atom. The van der Waals surface area contributed by atoms with Crippen LogP contribution in [0.15, 0.2) is 24.3 Å². The highest BCUT2D eigenvalue weighted by molar-refractivity contribution is 6.30. The van der Waals surface area contributed by atoms with Gasteiger partial charge in [-0.3, -0.25) is 0 Å². The lowest BCUT2D eigenvalue weighted by Crippen LogP contribution is -2.08. The zero-order valence-electron chi connectivity index (χ0n) is 10.5. The average Bonchev–Trinajstić information content (AvgIpc) is 2.71. The largest absolute Gasteiger partial charge is 0.390 e. The lowest BCUT2D eigenvalue weighted by atomic mass is 10.1. The summed E-state index contributed by atoms with van der Waals surface area (Å²) in [6.45, 7) is 4.86. The van der Waals surface area contributed by atoms with Gasteiger partial charge in [0.05, 0.1) is 12.3 Å². The van der Waals surface area contributed by atoms with Crippen molar-refractivity contribution in [2.45, 2.75) is 27.0 Å². The predicted molar refractivity (Wildman–Crippen MR) is 71.2 cm³/mol. The third-order valence-electron chi connectivity index (χ3n) is 2.59. The molecule has 1 heterocycles. The summed E-state index contributed by atoms with van der Waals surface area (Å²) in [6.07, 6.45) is 0. The van der Waals surface area contributed by atoms with Crippen molar-refractivity contribution in [2.75, 3.05) is 0 Å². The van der Waals surface area contributed by atoms with Crippen LogP contribution in [-0.4, -0.2) is 20.1 Å². The van der Waals surface area contributed by atoms with E-state index in [4.69, 9.17) is 11.6 Å². The second kappa shape index (κ2) is 5.50. The monoisotopic (exact) mass is 265 g/mol. The Hall–Kier alpha value is -1.39. The van der Waals surface area contributed by atoms with Gasteiger partial charge in [0.2, 0.25) is 0 Å². The number of hydrogen-bond acceptors (Lipinski definition) is 3. The zero-order chi connectivity index (χ0) is 13.1. The molecule has 2 aromatic rings. The number of aromatic nitrogens is 3. The van der Waals surface area contributed by atoms with E-state index in [1.54, 1.807) is 0 Å². The molecule has 0 saturated heterocycles. The summed E-state index contributed by atoms with van der Waals surface area (Å²) in [4.78, 5) is 0. The quantitative estimate of drug-likeness (QED) is 0.925. The summed E-state index contributed by atoms with van der Waals surface area (Å²) < 4.78 is 1.82. The van der Waals surface area contributed by atoms with Crippen LogP contribution in [0.25, 0.3) is 11.3 Å². The molecule has 1 aromatic heterocycles. The zero-order valence-corrected chi connectivity index (χ0v) is 11.2. The van der Waals surface area contributed by atoms with E-state index >= 15 is 0 Å². The molecule has 0 spiro atoms. The molecule has 2 rings (SSSR count). The molecule has 18 heavy (non-hydrogen) atoms. The lowest BCUT2D eigenvalue weighted by Gasteiger charge is -2.10. The van der Waals surface area contributed by atoms with Crippen molar-refractivity contribution in [1.29, 1.82) is 0 Å². The highest BCUT2D eigenvalue weighted by atomic mass is 35.5. The van der Waals surface area contributed by atoms with Gasteiger partial charge in [-0.25, -0.2) is 4.68 Å². The van der Waals surface area contributed by atoms with Gasteiger partial charge in [-0.05, 0) is 18.1 Å². The molecule has 0 atom stereocenters. The third kappa shape index (κ3) is 2.71. The molecule has 0 unspecified atom stereocenters. The molecule has 0 amide bonds. The molecule has 5 heteroatoms. The predicted octanol–water partition coefficient (Wildman–Crippen LogP) is 2.75. The first-order valence-corrected chi connectivity index (χ1v) is 6.28. The van der Waals surface area contributed by atoms with E-state index in [0.717, 1.165) is 17.8 Å². The maximum absolute atomic E-state index is 9.35. The molecule has 0 fully saturated rings. The molecule has 0 bridgehead atoms. The summed E-state index contributed by atoms with van der Waals surface area (Å²) >= 11 is 6.00. The van der Waals surface area contributed by atoms with Crippen LogP contribution < -0.4 is 0 Å². The molecular formula is C13H16ClN3O. The fourth-order valence-corrected chi connectivity index (χ4v) is 2.07. The third-order valence-corrected chi connectivity index (χ3v) is 2.83. The second-order valence-electron chi connectivity index (χ2n) is 4.63. The number of rotatable bonds is 4. The van der Waals surface area contributed by atoms with E-state index < -0.39 is 0 Å². The summed E-state index contributed by atoms with van der Waals surface area (Å²) in [5, 5.41) is 18.1. The SMILES string of the molecule is CC(C)Cn1nnc(CO)c1-c1cccc(Cl)c1. The molecule has 1 N–H and O–H groups in total. The minimum Gasteiger partial charge on any atom is -0.390 e. The van der Waals surface area contributed by atoms with Gasteiger partial charge < -0.3 is 5.11 Å². The fraction of sp³-hybridized carbons (Fsp3) is 0.385. The van der Waals surface area contributed by atoms with Crippen LogP contribution in [0.3, 0.4) is 0 Å². The van der Waals surface area contributed by atoms with Crippen LogP contribution in [0.4, 0.5) is 0 Å². The first kappa shape index (κ1) is 13.1. The van der Waals surface area contributed by atoms with Crippen LogP contribution in [0.2, 0.25) is 5.02 Å². The lowest BCUT2D eigenvalue weighted by molar-refractivity contribution is 0.277. The normalized spacial score (nSPS) is 11.2. The van der Waals surface area contributed by atoms with Crippen LogP contribution >= 0.6 is 11.6 Å². The van der Waals surface area contributed by atoms with Gasteiger partial charge in [-0.1, -0.05) is 42.8 Å². The van der Waals surface area contributed by atoms with Gasteiger partial charge in [0.25, 0.3) is 0 Å². The van der Waals surface area contributed by atoms with E-state index in [0.29, 0.717) is 16.6 Å². The molecule has 96 valence electrons. The molecule has 0 aliphatic carbocycles. The summed E-state index contributed by atoms with van der Waals surface area (Å²) in [7, 11) is 0. The first-order valence-electron chi connectivity index (χ1n) is 5.91. The van der Waals surface area contributed by atoms with E-state index in [-0.39, 0.29) is 6.61 Å². The van der Waals surface area contributed by atoms with Gasteiger partial charge in [0.15, 0.2) is 0 Å². The number of nitrogens with zero attached hydrogens (tertiary/aromatic N) is 3. The highest BCUT2D eigenvalue weighted by Crippen LogP contribution is 2.25. The molecule has 0 aliphatic rings. The van der Waals surface area contributed by atoms with E-state index in [1.807, 2.05) is 28.9 Å². The molecule has 4 nitrogen and oxygen atoms in total. The van der Waals surface area contributed by atoms with Crippen LogP contribution in [-0.2, 0) is 13.2 Å². The second-order valence-corrected chi connectivity index (χ2v) is 5.07. The van der Waals surface area contributed by atoms with Crippen molar-refractivity contribution >= 4 is 11.6 Å². The van der Waals surface area contributed by atoms with Crippen LogP contribution in [0.1, 0.15) is 19.5 Å². The van der Waals surface area contributed by atoms with Gasteiger partial charge >= 0.3 is 0 Å². The molecule has 1 aromatic carbocycles. The molecular weight excluding hydrogens is 250 g/mol. The molecule has 0 aliphatic heterocycles. The maximum Gasteiger partial charge on any atom is 0.116 e. The van der Waals surface area contributed by atoms with E-state index in [9.17, 15) is 5.11 Å². The Labute approximate surface area is 111 Å². The number of aliphatic hydroxyl groups excluding tert-OH is 1. The van der Waals surface area contributed by atoms with Crippen LogP contribution in [0, 0.1) is 5.92 Å². The molecule has 0 saturated carbocycles. The smallest absolute Gasteiger partial charge is 0.116 e. The number of halogens is 1. The minimum absolute atomic E-state index is 0.125. The van der Waals surface area contributed by atoms with E-state index in [2.05, 4.69) is 24.2 Å². The molecule has 0 radical (unpaired) electrons. The Kier molecular flexibility index (Phi) is 3.99. The van der Waals surface area contributed by atoms with Gasteiger partial charge in [-0.15, -0.1) is 5.10 Å². The standard InChI is InChI=1S/C13H16ClN3O/c1-9(2)7-17-13(12(8-18)15-16-17)10-4-3-5-11(14)6-10/h3-6,9,18H,7-8H2,1-2H3. The number of benzene rings is 1. The summed E-state index contributed by atoms with van der Waals surface area (Å²) in [6, 6.07) is 7.50.